The Bertz CT molecular complexity index is 231. The average molecular weight is 228 g/mol. The maximum absolute atomic E-state index is 11.2. The molecule has 1 saturated heterocycles. The van der Waals surface area contributed by atoms with Crippen LogP contribution >= 0.6 is 0 Å². The van der Waals surface area contributed by atoms with Gasteiger partial charge in [-0.1, -0.05) is 0 Å². The van der Waals surface area contributed by atoms with Crippen molar-refractivity contribution in [2.75, 3.05) is 26.7 Å². The molecule has 1 aliphatic heterocycles. The van der Waals surface area contributed by atoms with Gasteiger partial charge in [-0.3, -0.25) is 4.79 Å². The number of nitrogens with one attached hydrogen (secondary N) is 1. The van der Waals surface area contributed by atoms with Crippen molar-refractivity contribution in [1.82, 2.24) is 10.2 Å². The lowest BCUT2D eigenvalue weighted by Crippen LogP contribution is -2.38. The van der Waals surface area contributed by atoms with Gasteiger partial charge in [0.15, 0.2) is 0 Å². The van der Waals surface area contributed by atoms with E-state index >= 15 is 0 Å². The lowest BCUT2D eigenvalue weighted by molar-refractivity contribution is -0.142. The van der Waals surface area contributed by atoms with E-state index in [1.165, 1.54) is 20.1 Å². The first kappa shape index (κ1) is 13.5. The molecule has 1 aliphatic rings. The highest BCUT2D eigenvalue weighted by atomic mass is 16.5. The molecule has 0 spiro atoms. The number of carbonyl (C=O) groups excluding carboxylic acids is 1. The molecule has 0 aliphatic carbocycles. The summed E-state index contributed by atoms with van der Waals surface area (Å²) in [6.45, 7) is 9.52. The number of ether oxygens (including phenoxy) is 1. The maximum Gasteiger partial charge on any atom is 0.322 e. The molecule has 94 valence electrons. The monoisotopic (exact) mass is 228 g/mol. The van der Waals surface area contributed by atoms with Gasteiger partial charge in [0.1, 0.15) is 6.04 Å². The Morgan fingerprint density at radius 3 is 2.69 bits per heavy atom. The molecule has 1 rings (SSSR count). The first-order valence-electron chi connectivity index (χ1n) is 6.09. The van der Waals surface area contributed by atoms with Crippen LogP contribution in [-0.2, 0) is 9.53 Å². The van der Waals surface area contributed by atoms with Crippen LogP contribution < -0.4 is 5.32 Å². The van der Waals surface area contributed by atoms with Gasteiger partial charge in [0, 0.05) is 19.1 Å². The van der Waals surface area contributed by atoms with Crippen LogP contribution in [0.3, 0.4) is 0 Å². The summed E-state index contributed by atoms with van der Waals surface area (Å²) in [6, 6.07) is 0.432. The predicted molar refractivity (Wildman–Crippen MR) is 64.3 cm³/mol. The van der Waals surface area contributed by atoms with Gasteiger partial charge < -0.3 is 15.0 Å². The van der Waals surface area contributed by atoms with Crippen molar-refractivity contribution >= 4 is 5.97 Å². The van der Waals surface area contributed by atoms with Gasteiger partial charge in [-0.25, -0.2) is 0 Å². The molecule has 0 radical (unpaired) electrons. The van der Waals surface area contributed by atoms with Crippen LogP contribution in [-0.4, -0.2) is 49.7 Å². The number of rotatable bonds is 5. The normalized spacial score (nSPS) is 23.7. The zero-order valence-corrected chi connectivity index (χ0v) is 10.8. The van der Waals surface area contributed by atoms with Crippen molar-refractivity contribution in [3.8, 4) is 0 Å². The minimum absolute atomic E-state index is 0.182. The van der Waals surface area contributed by atoms with Crippen LogP contribution in [0, 0.1) is 5.92 Å². The van der Waals surface area contributed by atoms with Gasteiger partial charge in [0.05, 0.1) is 7.11 Å². The highest BCUT2D eigenvalue weighted by Gasteiger charge is 2.24. The second-order valence-electron chi connectivity index (χ2n) is 4.90. The fourth-order valence-electron chi connectivity index (χ4n) is 2.10. The van der Waals surface area contributed by atoms with Gasteiger partial charge in [-0.05, 0) is 39.7 Å². The van der Waals surface area contributed by atoms with Crippen LogP contribution in [0.2, 0.25) is 0 Å². The molecule has 1 N–H and O–H groups in total. The third-order valence-electron chi connectivity index (χ3n) is 3.32. The van der Waals surface area contributed by atoms with E-state index in [0.717, 1.165) is 13.1 Å². The number of carbonyl (C=O) groups is 1. The van der Waals surface area contributed by atoms with E-state index in [4.69, 9.17) is 0 Å². The minimum atomic E-state index is -0.196. The largest absolute Gasteiger partial charge is 0.468 e. The number of hydrogen-bond donors (Lipinski definition) is 1. The number of methoxy groups -OCH3 is 1. The molecular weight excluding hydrogens is 204 g/mol. The van der Waals surface area contributed by atoms with Crippen molar-refractivity contribution in [3.63, 3.8) is 0 Å². The van der Waals surface area contributed by atoms with Crippen LogP contribution in [0.5, 0.6) is 0 Å². The minimum Gasteiger partial charge on any atom is -0.468 e. The van der Waals surface area contributed by atoms with Gasteiger partial charge >= 0.3 is 5.97 Å². The number of hydrogen-bond acceptors (Lipinski definition) is 4. The predicted octanol–water partition coefficient (Wildman–Crippen LogP) is 0.868. The fourth-order valence-corrected chi connectivity index (χ4v) is 2.10. The van der Waals surface area contributed by atoms with Crippen LogP contribution in [0.1, 0.15) is 27.2 Å². The zero-order valence-electron chi connectivity index (χ0n) is 10.8. The highest BCUT2D eigenvalue weighted by Crippen LogP contribution is 2.17. The van der Waals surface area contributed by atoms with Crippen molar-refractivity contribution < 1.29 is 9.53 Å². The third kappa shape index (κ3) is 3.76. The summed E-state index contributed by atoms with van der Waals surface area (Å²) in [5.41, 5.74) is 0. The van der Waals surface area contributed by atoms with Gasteiger partial charge in [-0.15, -0.1) is 0 Å². The quantitative estimate of drug-likeness (QED) is 0.709. The second kappa shape index (κ2) is 6.21. The van der Waals surface area contributed by atoms with Crippen LogP contribution in [0.25, 0.3) is 0 Å². The van der Waals surface area contributed by atoms with Crippen molar-refractivity contribution in [3.05, 3.63) is 0 Å². The van der Waals surface area contributed by atoms with Gasteiger partial charge in [0.2, 0.25) is 0 Å². The van der Waals surface area contributed by atoms with Gasteiger partial charge in [-0.2, -0.15) is 0 Å². The summed E-state index contributed by atoms with van der Waals surface area (Å²) >= 11 is 0. The Hall–Kier alpha value is -0.610. The Kier molecular flexibility index (Phi) is 5.22. The summed E-state index contributed by atoms with van der Waals surface area (Å²) in [6.07, 6.45) is 1.22. The Balaban J connectivity index is 2.22. The first-order valence-corrected chi connectivity index (χ1v) is 6.09. The molecule has 2 unspecified atom stereocenters. The van der Waals surface area contributed by atoms with E-state index in [1.807, 2.05) is 6.92 Å². The summed E-state index contributed by atoms with van der Waals surface area (Å²) in [5.74, 6) is 0.480. The SMILES string of the molecule is COC(=O)C(C)NCC1CCN(C(C)C)C1. The summed E-state index contributed by atoms with van der Waals surface area (Å²) in [5, 5.41) is 3.23. The second-order valence-corrected chi connectivity index (χ2v) is 4.90. The van der Waals surface area contributed by atoms with Crippen LogP contribution in [0.15, 0.2) is 0 Å². The van der Waals surface area contributed by atoms with E-state index in [9.17, 15) is 4.79 Å². The molecule has 0 saturated carbocycles. The number of esters is 1. The molecule has 0 aromatic carbocycles. The van der Waals surface area contributed by atoms with Gasteiger partial charge in [0.25, 0.3) is 0 Å². The molecule has 1 fully saturated rings. The Morgan fingerprint density at radius 2 is 2.19 bits per heavy atom. The summed E-state index contributed by atoms with van der Waals surface area (Å²) in [7, 11) is 1.43. The molecule has 4 heteroatoms. The Labute approximate surface area is 98.3 Å². The van der Waals surface area contributed by atoms with E-state index in [1.54, 1.807) is 0 Å². The molecule has 0 bridgehead atoms. The third-order valence-corrected chi connectivity index (χ3v) is 3.32. The van der Waals surface area contributed by atoms with E-state index in [2.05, 4.69) is 28.8 Å². The van der Waals surface area contributed by atoms with Crippen LogP contribution in [0.4, 0.5) is 0 Å². The van der Waals surface area contributed by atoms with E-state index in [-0.39, 0.29) is 12.0 Å². The highest BCUT2D eigenvalue weighted by molar-refractivity contribution is 5.75. The summed E-state index contributed by atoms with van der Waals surface area (Å²) < 4.78 is 4.67. The molecular formula is C12H24N2O2. The molecule has 1 heterocycles. The first-order chi connectivity index (χ1) is 7.54. The molecule has 4 nitrogen and oxygen atoms in total. The topological polar surface area (TPSA) is 41.6 Å². The summed E-state index contributed by atoms with van der Waals surface area (Å²) in [4.78, 5) is 13.7. The molecule has 0 amide bonds. The van der Waals surface area contributed by atoms with Crippen molar-refractivity contribution in [2.45, 2.75) is 39.3 Å². The Morgan fingerprint density at radius 1 is 1.50 bits per heavy atom. The molecule has 0 aromatic heterocycles. The lowest BCUT2D eigenvalue weighted by atomic mass is 10.1. The van der Waals surface area contributed by atoms with E-state index < -0.39 is 0 Å². The fraction of sp³-hybridized carbons (Fsp3) is 0.917. The van der Waals surface area contributed by atoms with E-state index in [0.29, 0.717) is 12.0 Å². The number of likely N-dealkylation sites (tertiary alicyclic amines) is 1. The zero-order chi connectivity index (χ0) is 12.1. The van der Waals surface area contributed by atoms with Crippen molar-refractivity contribution in [1.29, 1.82) is 0 Å². The molecule has 0 aromatic rings. The average Bonchev–Trinajstić information content (AvgIpc) is 2.73. The van der Waals surface area contributed by atoms with Crippen molar-refractivity contribution in [2.24, 2.45) is 5.92 Å². The lowest BCUT2D eigenvalue weighted by Gasteiger charge is -2.20. The number of nitrogens with zero attached hydrogens (tertiary/aromatic N) is 1. The standard InChI is InChI=1S/C12H24N2O2/c1-9(2)14-6-5-11(8-14)7-13-10(3)12(15)16-4/h9-11,13H,5-8H2,1-4H3. The molecule has 16 heavy (non-hydrogen) atoms. The molecule has 2 atom stereocenters. The smallest absolute Gasteiger partial charge is 0.322 e. The maximum atomic E-state index is 11.2.